The van der Waals surface area contributed by atoms with Gasteiger partial charge in [-0.2, -0.15) is 0 Å². The Morgan fingerprint density at radius 3 is 2.47 bits per heavy atom. The van der Waals surface area contributed by atoms with Gasteiger partial charge in [-0.1, -0.05) is 35.9 Å². The predicted octanol–water partition coefficient (Wildman–Crippen LogP) is 4.51. The van der Waals surface area contributed by atoms with E-state index < -0.39 is 5.97 Å². The number of aromatic carboxylic acids is 1. The van der Waals surface area contributed by atoms with Gasteiger partial charge in [-0.25, -0.2) is 4.79 Å². The zero-order chi connectivity index (χ0) is 23.3. The quantitative estimate of drug-likeness (QED) is 0.458. The average molecular weight is 437 g/mol. The van der Waals surface area contributed by atoms with Crippen LogP contribution in [0.5, 0.6) is 11.5 Å². The Morgan fingerprint density at radius 2 is 1.81 bits per heavy atom. The molecular weight excluding hydrogens is 404 g/mol. The monoisotopic (exact) mass is 436 g/mol. The van der Waals surface area contributed by atoms with E-state index in [4.69, 9.17) is 9.47 Å². The number of ether oxygens (including phenoxy) is 2. The Kier molecular flexibility index (Phi) is 7.59. The fraction of sp³-hybridized carbons (Fsp3) is 0.346. The molecule has 6 heteroatoms. The molecule has 3 rings (SSSR count). The molecule has 0 unspecified atom stereocenters. The number of carboxylic acid groups (broad SMARTS) is 1. The van der Waals surface area contributed by atoms with Gasteiger partial charge in [0, 0.05) is 36.1 Å². The van der Waals surface area contributed by atoms with Crippen molar-refractivity contribution >= 4 is 5.97 Å². The van der Waals surface area contributed by atoms with E-state index in [9.17, 15) is 9.90 Å². The maximum atomic E-state index is 12.0. The van der Waals surface area contributed by atoms with Crippen LogP contribution in [0.3, 0.4) is 0 Å². The van der Waals surface area contributed by atoms with Gasteiger partial charge < -0.3 is 24.5 Å². The van der Waals surface area contributed by atoms with E-state index in [0.29, 0.717) is 25.2 Å². The Bertz CT molecular complexity index is 1100. The van der Waals surface area contributed by atoms with E-state index in [1.807, 2.05) is 38.1 Å². The van der Waals surface area contributed by atoms with Crippen molar-refractivity contribution in [2.24, 2.45) is 0 Å². The molecular formula is C26H32N2O4. The Morgan fingerprint density at radius 1 is 1.03 bits per heavy atom. The number of carboxylic acids is 1. The van der Waals surface area contributed by atoms with Crippen molar-refractivity contribution in [2.45, 2.75) is 40.3 Å². The van der Waals surface area contributed by atoms with Crippen LogP contribution in [-0.2, 0) is 19.5 Å². The smallest absolute Gasteiger partial charge is 0.337 e. The minimum absolute atomic E-state index is 0.393. The SMILES string of the molecule is COc1ccc(CCNCc2c(C(=O)O)c(C)n(Cc3cccc(C)c3)c2C)c(OC)c1. The largest absolute Gasteiger partial charge is 0.497 e. The summed E-state index contributed by atoms with van der Waals surface area (Å²) >= 11 is 0. The Balaban J connectivity index is 1.74. The van der Waals surface area contributed by atoms with Gasteiger partial charge in [-0.15, -0.1) is 0 Å². The van der Waals surface area contributed by atoms with Crippen molar-refractivity contribution in [1.82, 2.24) is 9.88 Å². The molecule has 1 aromatic heterocycles. The lowest BCUT2D eigenvalue weighted by Gasteiger charge is -2.12. The van der Waals surface area contributed by atoms with Crippen LogP contribution in [0.2, 0.25) is 0 Å². The summed E-state index contributed by atoms with van der Waals surface area (Å²) in [6.07, 6.45) is 0.762. The molecule has 6 nitrogen and oxygen atoms in total. The van der Waals surface area contributed by atoms with E-state index in [-0.39, 0.29) is 0 Å². The number of hydrogen-bond donors (Lipinski definition) is 2. The van der Waals surface area contributed by atoms with Crippen LogP contribution in [0.25, 0.3) is 0 Å². The highest BCUT2D eigenvalue weighted by Crippen LogP contribution is 2.26. The number of rotatable bonds is 10. The second-order valence-corrected chi connectivity index (χ2v) is 8.01. The van der Waals surface area contributed by atoms with Crippen LogP contribution in [0, 0.1) is 20.8 Å². The zero-order valence-electron chi connectivity index (χ0n) is 19.5. The van der Waals surface area contributed by atoms with Crippen molar-refractivity contribution < 1.29 is 19.4 Å². The minimum Gasteiger partial charge on any atom is -0.497 e. The summed E-state index contributed by atoms with van der Waals surface area (Å²) in [6.45, 7) is 7.80. The summed E-state index contributed by atoms with van der Waals surface area (Å²) in [5.74, 6) is 0.654. The third-order valence-corrected chi connectivity index (χ3v) is 5.91. The second-order valence-electron chi connectivity index (χ2n) is 8.01. The molecule has 2 N–H and O–H groups in total. The number of nitrogens with one attached hydrogen (secondary N) is 1. The minimum atomic E-state index is -0.887. The molecule has 1 heterocycles. The van der Waals surface area contributed by atoms with Gasteiger partial charge in [0.15, 0.2) is 0 Å². The molecule has 170 valence electrons. The second kappa shape index (κ2) is 10.4. The number of methoxy groups -OCH3 is 2. The molecule has 0 amide bonds. The van der Waals surface area contributed by atoms with E-state index in [0.717, 1.165) is 46.0 Å². The third kappa shape index (κ3) is 5.14. The maximum Gasteiger partial charge on any atom is 0.337 e. The van der Waals surface area contributed by atoms with Crippen LogP contribution in [-0.4, -0.2) is 36.4 Å². The average Bonchev–Trinajstić information content (AvgIpc) is 3.01. The first-order valence-electron chi connectivity index (χ1n) is 10.7. The lowest BCUT2D eigenvalue weighted by atomic mass is 10.1. The highest BCUT2D eigenvalue weighted by atomic mass is 16.5. The number of benzene rings is 2. The third-order valence-electron chi connectivity index (χ3n) is 5.91. The van der Waals surface area contributed by atoms with E-state index >= 15 is 0 Å². The van der Waals surface area contributed by atoms with Gasteiger partial charge in [0.25, 0.3) is 0 Å². The van der Waals surface area contributed by atoms with Crippen molar-refractivity contribution in [3.8, 4) is 11.5 Å². The summed E-state index contributed by atoms with van der Waals surface area (Å²) in [5, 5.41) is 13.3. The molecule has 0 atom stereocenters. The highest BCUT2D eigenvalue weighted by Gasteiger charge is 2.22. The molecule has 0 fully saturated rings. The Labute approximate surface area is 189 Å². The van der Waals surface area contributed by atoms with Gasteiger partial charge in [-0.05, 0) is 50.9 Å². The molecule has 0 aliphatic rings. The molecule has 0 aliphatic heterocycles. The van der Waals surface area contributed by atoms with E-state index in [1.165, 1.54) is 5.56 Å². The van der Waals surface area contributed by atoms with Crippen LogP contribution < -0.4 is 14.8 Å². The topological polar surface area (TPSA) is 72.7 Å². The number of aromatic nitrogens is 1. The van der Waals surface area contributed by atoms with Crippen LogP contribution in [0.15, 0.2) is 42.5 Å². The number of aryl methyl sites for hydroxylation is 1. The summed E-state index contributed by atoms with van der Waals surface area (Å²) in [6, 6.07) is 14.1. The molecule has 32 heavy (non-hydrogen) atoms. The van der Waals surface area contributed by atoms with Crippen LogP contribution >= 0.6 is 0 Å². The summed E-state index contributed by atoms with van der Waals surface area (Å²) < 4.78 is 12.8. The lowest BCUT2D eigenvalue weighted by molar-refractivity contribution is 0.0694. The summed E-state index contributed by atoms with van der Waals surface area (Å²) in [5.41, 5.74) is 6.42. The first-order chi connectivity index (χ1) is 15.3. The first kappa shape index (κ1) is 23.4. The fourth-order valence-electron chi connectivity index (χ4n) is 4.17. The maximum absolute atomic E-state index is 12.0. The van der Waals surface area contributed by atoms with Crippen LogP contribution in [0.4, 0.5) is 0 Å². The molecule has 0 saturated carbocycles. The summed E-state index contributed by atoms with van der Waals surface area (Å²) in [4.78, 5) is 12.0. The molecule has 0 aliphatic carbocycles. The van der Waals surface area contributed by atoms with Gasteiger partial charge >= 0.3 is 5.97 Å². The molecule has 0 spiro atoms. The van der Waals surface area contributed by atoms with Crippen molar-refractivity contribution in [3.63, 3.8) is 0 Å². The van der Waals surface area contributed by atoms with Gasteiger partial charge in [0.1, 0.15) is 11.5 Å². The van der Waals surface area contributed by atoms with Gasteiger partial charge in [0.2, 0.25) is 0 Å². The predicted molar refractivity (Wildman–Crippen MR) is 126 cm³/mol. The number of hydrogen-bond acceptors (Lipinski definition) is 4. The molecule has 0 saturated heterocycles. The van der Waals surface area contributed by atoms with Crippen molar-refractivity contribution in [2.75, 3.05) is 20.8 Å². The van der Waals surface area contributed by atoms with Gasteiger partial charge in [-0.3, -0.25) is 0 Å². The first-order valence-corrected chi connectivity index (χ1v) is 10.7. The molecule has 0 bridgehead atoms. The highest BCUT2D eigenvalue weighted by molar-refractivity contribution is 5.91. The number of carbonyl (C=O) groups is 1. The molecule has 0 radical (unpaired) electrons. The van der Waals surface area contributed by atoms with Crippen LogP contribution in [0.1, 0.15) is 44.0 Å². The summed E-state index contributed by atoms with van der Waals surface area (Å²) in [7, 11) is 3.28. The standard InChI is InChI=1S/C26H32N2O4/c1-17-7-6-8-20(13-17)16-28-18(2)23(25(19(28)3)26(29)30)15-27-12-11-21-9-10-22(31-4)14-24(21)32-5/h6-10,13-14,27H,11-12,15-16H2,1-5H3,(H,29,30). The van der Waals surface area contributed by atoms with Gasteiger partial charge in [0.05, 0.1) is 19.8 Å². The fourth-order valence-corrected chi connectivity index (χ4v) is 4.17. The van der Waals surface area contributed by atoms with Crippen molar-refractivity contribution in [3.05, 3.63) is 81.7 Å². The zero-order valence-corrected chi connectivity index (χ0v) is 19.5. The molecule has 3 aromatic rings. The molecule has 2 aromatic carbocycles. The lowest BCUT2D eigenvalue weighted by Crippen LogP contribution is -2.19. The number of nitrogens with zero attached hydrogens (tertiary/aromatic N) is 1. The Hall–Kier alpha value is -3.25. The normalized spacial score (nSPS) is 10.9. The van der Waals surface area contributed by atoms with Crippen molar-refractivity contribution in [1.29, 1.82) is 0 Å². The van der Waals surface area contributed by atoms with E-state index in [1.54, 1.807) is 14.2 Å². The van der Waals surface area contributed by atoms with E-state index in [2.05, 4.69) is 35.0 Å².